The van der Waals surface area contributed by atoms with E-state index in [9.17, 15) is 4.79 Å². The zero-order chi connectivity index (χ0) is 9.54. The highest BCUT2D eigenvalue weighted by molar-refractivity contribution is 5.80. The summed E-state index contributed by atoms with van der Waals surface area (Å²) in [7, 11) is 0. The average molecular weight is 194 g/mol. The molecule has 1 aliphatic carbocycles. The summed E-state index contributed by atoms with van der Waals surface area (Å²) in [6.07, 6.45) is 4.91. The van der Waals surface area contributed by atoms with Crippen LogP contribution < -0.4 is 5.32 Å². The smallest absolute Gasteiger partial charge is 0.227 e. The third-order valence-electron chi connectivity index (χ3n) is 4.11. The Morgan fingerprint density at radius 2 is 2.14 bits per heavy atom. The van der Waals surface area contributed by atoms with Crippen LogP contribution in [0.5, 0.6) is 0 Å². The first kappa shape index (κ1) is 8.72. The fourth-order valence-corrected chi connectivity index (χ4v) is 3.05. The lowest BCUT2D eigenvalue weighted by Crippen LogP contribution is -2.57. The van der Waals surface area contributed by atoms with Crippen LogP contribution in [0.1, 0.15) is 25.7 Å². The molecule has 0 aromatic heterocycles. The SMILES string of the molecule is O=C(C1CC2CCC1NC2)N1CCC1. The van der Waals surface area contributed by atoms with Crippen molar-refractivity contribution in [3.05, 3.63) is 0 Å². The van der Waals surface area contributed by atoms with Gasteiger partial charge in [-0.2, -0.15) is 0 Å². The maximum absolute atomic E-state index is 12.1. The number of amides is 1. The highest BCUT2D eigenvalue weighted by Crippen LogP contribution is 2.35. The van der Waals surface area contributed by atoms with Crippen LogP contribution in [0, 0.1) is 11.8 Å². The van der Waals surface area contributed by atoms with E-state index in [2.05, 4.69) is 5.32 Å². The van der Waals surface area contributed by atoms with Gasteiger partial charge >= 0.3 is 0 Å². The van der Waals surface area contributed by atoms with Crippen molar-refractivity contribution in [2.24, 2.45) is 11.8 Å². The van der Waals surface area contributed by atoms with Crippen LogP contribution >= 0.6 is 0 Å². The van der Waals surface area contributed by atoms with Gasteiger partial charge in [0.15, 0.2) is 0 Å². The Balaban J connectivity index is 1.69. The summed E-state index contributed by atoms with van der Waals surface area (Å²) in [5.41, 5.74) is 0. The van der Waals surface area contributed by atoms with Gasteiger partial charge in [-0.15, -0.1) is 0 Å². The Kier molecular flexibility index (Phi) is 2.01. The summed E-state index contributed by atoms with van der Waals surface area (Å²) < 4.78 is 0. The number of rotatable bonds is 1. The number of nitrogens with one attached hydrogen (secondary N) is 1. The lowest BCUT2D eigenvalue weighted by Gasteiger charge is -2.45. The molecular weight excluding hydrogens is 176 g/mol. The first-order chi connectivity index (χ1) is 6.84. The summed E-state index contributed by atoms with van der Waals surface area (Å²) in [4.78, 5) is 14.1. The number of piperidine rings is 2. The van der Waals surface area contributed by atoms with Gasteiger partial charge in [-0.1, -0.05) is 0 Å². The van der Waals surface area contributed by atoms with Crippen LogP contribution in [0.4, 0.5) is 0 Å². The second-order valence-electron chi connectivity index (χ2n) is 4.98. The van der Waals surface area contributed by atoms with Crippen LogP contribution in [0.15, 0.2) is 0 Å². The van der Waals surface area contributed by atoms with Gasteiger partial charge in [0.2, 0.25) is 5.91 Å². The van der Waals surface area contributed by atoms with E-state index in [1.807, 2.05) is 4.90 Å². The van der Waals surface area contributed by atoms with E-state index in [1.54, 1.807) is 0 Å². The van der Waals surface area contributed by atoms with Crippen LogP contribution in [0.2, 0.25) is 0 Å². The summed E-state index contributed by atoms with van der Waals surface area (Å²) in [6, 6.07) is 0.494. The van der Waals surface area contributed by atoms with Crippen molar-refractivity contribution >= 4 is 5.91 Å². The molecule has 4 fully saturated rings. The molecule has 3 nitrogen and oxygen atoms in total. The third kappa shape index (κ3) is 1.26. The van der Waals surface area contributed by atoms with E-state index in [-0.39, 0.29) is 0 Å². The molecule has 1 saturated carbocycles. The molecule has 3 aliphatic heterocycles. The Labute approximate surface area is 84.8 Å². The number of carbonyl (C=O) groups is 1. The number of likely N-dealkylation sites (tertiary alicyclic amines) is 1. The molecule has 2 bridgehead atoms. The van der Waals surface area contributed by atoms with Crippen molar-refractivity contribution in [3.63, 3.8) is 0 Å². The summed E-state index contributed by atoms with van der Waals surface area (Å²) >= 11 is 0. The molecule has 3 heteroatoms. The standard InChI is InChI=1S/C11H18N2O/c14-11(13-4-1-5-13)9-6-8-2-3-10(9)12-7-8/h8-10,12H,1-7H2. The lowest BCUT2D eigenvalue weighted by molar-refractivity contribution is -0.142. The number of hydrogen-bond acceptors (Lipinski definition) is 2. The lowest BCUT2D eigenvalue weighted by atomic mass is 9.73. The molecule has 0 aromatic carbocycles. The van der Waals surface area contributed by atoms with Crippen molar-refractivity contribution < 1.29 is 4.79 Å². The number of hydrogen-bond donors (Lipinski definition) is 1. The predicted octanol–water partition coefficient (Wildman–Crippen LogP) is 0.607. The molecule has 4 rings (SSSR count). The minimum absolute atomic E-state index is 0.308. The van der Waals surface area contributed by atoms with Gasteiger partial charge in [0.05, 0.1) is 5.92 Å². The molecular formula is C11H18N2O. The van der Waals surface area contributed by atoms with E-state index >= 15 is 0 Å². The molecule has 3 saturated heterocycles. The maximum Gasteiger partial charge on any atom is 0.227 e. The van der Waals surface area contributed by atoms with Crippen LogP contribution in [-0.4, -0.2) is 36.5 Å². The van der Waals surface area contributed by atoms with Gasteiger partial charge < -0.3 is 10.2 Å². The molecule has 4 aliphatic rings. The molecule has 0 aromatic rings. The maximum atomic E-state index is 12.1. The van der Waals surface area contributed by atoms with Gasteiger partial charge in [-0.05, 0) is 38.1 Å². The molecule has 0 radical (unpaired) electrons. The number of carbonyl (C=O) groups excluding carboxylic acids is 1. The minimum atomic E-state index is 0.308. The largest absolute Gasteiger partial charge is 0.342 e. The number of fused-ring (bicyclic) bond motifs is 3. The molecule has 3 atom stereocenters. The summed E-state index contributed by atoms with van der Waals surface area (Å²) in [5.74, 6) is 1.51. The first-order valence-corrected chi connectivity index (χ1v) is 5.87. The quantitative estimate of drug-likeness (QED) is 0.663. The van der Waals surface area contributed by atoms with E-state index in [0.717, 1.165) is 32.0 Å². The topological polar surface area (TPSA) is 32.3 Å². The highest BCUT2D eigenvalue weighted by Gasteiger charge is 2.41. The molecule has 1 N–H and O–H groups in total. The molecule has 1 amide bonds. The van der Waals surface area contributed by atoms with E-state index < -0.39 is 0 Å². The zero-order valence-electron chi connectivity index (χ0n) is 8.54. The van der Waals surface area contributed by atoms with Gasteiger partial charge in [-0.25, -0.2) is 0 Å². The zero-order valence-corrected chi connectivity index (χ0v) is 8.54. The van der Waals surface area contributed by atoms with Gasteiger partial charge in [0.1, 0.15) is 0 Å². The van der Waals surface area contributed by atoms with Crippen molar-refractivity contribution in [1.82, 2.24) is 10.2 Å². The Bertz CT molecular complexity index is 242. The Morgan fingerprint density at radius 3 is 2.57 bits per heavy atom. The first-order valence-electron chi connectivity index (χ1n) is 5.87. The van der Waals surface area contributed by atoms with Crippen LogP contribution in [-0.2, 0) is 4.79 Å². The van der Waals surface area contributed by atoms with Gasteiger partial charge in [0.25, 0.3) is 0 Å². The van der Waals surface area contributed by atoms with Gasteiger partial charge in [-0.3, -0.25) is 4.79 Å². The summed E-state index contributed by atoms with van der Waals surface area (Å²) in [5, 5.41) is 3.51. The molecule has 3 heterocycles. The van der Waals surface area contributed by atoms with Crippen molar-refractivity contribution in [1.29, 1.82) is 0 Å². The van der Waals surface area contributed by atoms with E-state index in [0.29, 0.717) is 17.9 Å². The average Bonchev–Trinajstić information content (AvgIpc) is 2.17. The van der Waals surface area contributed by atoms with Crippen LogP contribution in [0.3, 0.4) is 0 Å². The molecule has 78 valence electrons. The second kappa shape index (κ2) is 3.23. The van der Waals surface area contributed by atoms with E-state index in [1.165, 1.54) is 19.3 Å². The van der Waals surface area contributed by atoms with Crippen LogP contribution in [0.25, 0.3) is 0 Å². The predicted molar refractivity (Wildman–Crippen MR) is 53.8 cm³/mol. The van der Waals surface area contributed by atoms with Crippen molar-refractivity contribution in [2.75, 3.05) is 19.6 Å². The third-order valence-corrected chi connectivity index (χ3v) is 4.11. The fraction of sp³-hybridized carbons (Fsp3) is 0.909. The second-order valence-corrected chi connectivity index (χ2v) is 4.98. The monoisotopic (exact) mass is 194 g/mol. The molecule has 0 spiro atoms. The van der Waals surface area contributed by atoms with Gasteiger partial charge in [0, 0.05) is 19.1 Å². The minimum Gasteiger partial charge on any atom is -0.342 e. The van der Waals surface area contributed by atoms with Crippen molar-refractivity contribution in [2.45, 2.75) is 31.7 Å². The normalized spacial score (nSPS) is 40.9. The van der Waals surface area contributed by atoms with Crippen molar-refractivity contribution in [3.8, 4) is 0 Å². The van der Waals surface area contributed by atoms with E-state index in [4.69, 9.17) is 0 Å². The molecule has 3 unspecified atom stereocenters. The Hall–Kier alpha value is -0.570. The highest BCUT2D eigenvalue weighted by atomic mass is 16.2. The molecule has 14 heavy (non-hydrogen) atoms. The Morgan fingerprint density at radius 1 is 1.29 bits per heavy atom. The fourth-order valence-electron chi connectivity index (χ4n) is 3.05. The number of nitrogens with zero attached hydrogens (tertiary/aromatic N) is 1. The summed E-state index contributed by atoms with van der Waals surface area (Å²) in [6.45, 7) is 3.16.